The van der Waals surface area contributed by atoms with E-state index in [1.54, 1.807) is 30.3 Å². The molecule has 0 radical (unpaired) electrons. The summed E-state index contributed by atoms with van der Waals surface area (Å²) in [6.07, 6.45) is 9.68. The minimum atomic E-state index is -0.398. The highest BCUT2D eigenvalue weighted by Gasteiger charge is 2.30. The number of halogens is 2. The molecule has 2 aliphatic rings. The van der Waals surface area contributed by atoms with Gasteiger partial charge in [-0.05, 0) is 69.1 Å². The molecule has 0 bridgehead atoms. The SMILES string of the molecule is O=C(Nc1ccc(Cl)cn1)c1cc(Cl)ccc1NC(=O)C1CCN(C2CCCCC2)CC1. The van der Waals surface area contributed by atoms with E-state index in [2.05, 4.69) is 20.5 Å². The molecule has 2 aromatic rings. The number of likely N-dealkylation sites (tertiary alicyclic amines) is 1. The lowest BCUT2D eigenvalue weighted by molar-refractivity contribution is -0.121. The van der Waals surface area contributed by atoms with Gasteiger partial charge in [-0.3, -0.25) is 9.59 Å². The van der Waals surface area contributed by atoms with Crippen LogP contribution in [0.25, 0.3) is 0 Å². The molecule has 0 spiro atoms. The molecule has 32 heavy (non-hydrogen) atoms. The van der Waals surface area contributed by atoms with Gasteiger partial charge in [0.15, 0.2) is 0 Å². The Kier molecular flexibility index (Phi) is 7.66. The second-order valence-electron chi connectivity index (χ2n) is 8.60. The molecule has 0 atom stereocenters. The van der Waals surface area contributed by atoms with Gasteiger partial charge >= 0.3 is 0 Å². The number of hydrogen-bond donors (Lipinski definition) is 2. The van der Waals surface area contributed by atoms with Gasteiger partial charge in [0, 0.05) is 23.2 Å². The molecular formula is C24H28Cl2N4O2. The summed E-state index contributed by atoms with van der Waals surface area (Å²) in [6, 6.07) is 8.82. The lowest BCUT2D eigenvalue weighted by Gasteiger charge is -2.39. The predicted octanol–water partition coefficient (Wildman–Crippen LogP) is 5.62. The maximum absolute atomic E-state index is 13.0. The molecule has 2 heterocycles. The van der Waals surface area contributed by atoms with Crippen LogP contribution in [-0.4, -0.2) is 40.8 Å². The van der Waals surface area contributed by atoms with Crippen LogP contribution in [0.3, 0.4) is 0 Å². The van der Waals surface area contributed by atoms with Gasteiger partial charge in [0.2, 0.25) is 5.91 Å². The first-order chi connectivity index (χ1) is 15.5. The zero-order chi connectivity index (χ0) is 22.5. The lowest BCUT2D eigenvalue weighted by atomic mass is 9.90. The van der Waals surface area contributed by atoms with E-state index in [-0.39, 0.29) is 11.8 Å². The number of carbonyl (C=O) groups excluding carboxylic acids is 2. The molecule has 170 valence electrons. The number of rotatable bonds is 5. The third-order valence-electron chi connectivity index (χ3n) is 6.44. The second kappa shape index (κ2) is 10.6. The van der Waals surface area contributed by atoms with Gasteiger partial charge in [-0.25, -0.2) is 4.98 Å². The van der Waals surface area contributed by atoms with Gasteiger partial charge in [0.1, 0.15) is 5.82 Å². The first kappa shape index (κ1) is 23.0. The highest BCUT2D eigenvalue weighted by Crippen LogP contribution is 2.29. The number of anilines is 2. The first-order valence-corrected chi connectivity index (χ1v) is 12.0. The quantitative estimate of drug-likeness (QED) is 0.589. The summed E-state index contributed by atoms with van der Waals surface area (Å²) in [5.74, 6) is -0.134. The van der Waals surface area contributed by atoms with Crippen LogP contribution in [0.15, 0.2) is 36.5 Å². The third-order valence-corrected chi connectivity index (χ3v) is 6.90. The van der Waals surface area contributed by atoms with Gasteiger partial charge in [-0.15, -0.1) is 0 Å². The molecule has 1 aliphatic carbocycles. The van der Waals surface area contributed by atoms with Crippen molar-refractivity contribution in [2.75, 3.05) is 23.7 Å². The standard InChI is InChI=1S/C24H28Cl2N4O2/c25-17-6-8-21(20(14-17)24(32)29-22-9-7-18(26)15-27-22)28-23(31)16-10-12-30(13-11-16)19-4-2-1-3-5-19/h6-9,14-16,19H,1-5,10-13H2,(H,28,31)(H,27,29,32). The zero-order valence-corrected chi connectivity index (χ0v) is 19.5. The Morgan fingerprint density at radius 1 is 0.906 bits per heavy atom. The molecule has 2 fully saturated rings. The van der Waals surface area contributed by atoms with Gasteiger partial charge in [0.05, 0.1) is 16.3 Å². The number of pyridine rings is 1. The fourth-order valence-electron chi connectivity index (χ4n) is 4.65. The molecule has 0 unspecified atom stereocenters. The molecule has 2 amide bonds. The molecule has 6 nitrogen and oxygen atoms in total. The van der Waals surface area contributed by atoms with Crippen molar-refractivity contribution in [1.29, 1.82) is 0 Å². The lowest BCUT2D eigenvalue weighted by Crippen LogP contribution is -2.44. The number of carbonyl (C=O) groups is 2. The summed E-state index contributed by atoms with van der Waals surface area (Å²) in [4.78, 5) is 32.5. The summed E-state index contributed by atoms with van der Waals surface area (Å²) >= 11 is 12.0. The minimum absolute atomic E-state index is 0.0470. The Bertz CT molecular complexity index is 953. The Balaban J connectivity index is 1.39. The first-order valence-electron chi connectivity index (χ1n) is 11.3. The van der Waals surface area contributed by atoms with Gasteiger partial charge in [0.25, 0.3) is 5.91 Å². The van der Waals surface area contributed by atoms with E-state index in [4.69, 9.17) is 23.2 Å². The maximum Gasteiger partial charge on any atom is 0.258 e. The Morgan fingerprint density at radius 3 is 2.31 bits per heavy atom. The van der Waals surface area contributed by atoms with Crippen LogP contribution in [0, 0.1) is 5.92 Å². The van der Waals surface area contributed by atoms with Gasteiger partial charge < -0.3 is 15.5 Å². The molecule has 1 aliphatic heterocycles. The van der Waals surface area contributed by atoms with E-state index in [9.17, 15) is 9.59 Å². The van der Waals surface area contributed by atoms with Crippen LogP contribution in [0.2, 0.25) is 10.0 Å². The van der Waals surface area contributed by atoms with Crippen LogP contribution in [0.5, 0.6) is 0 Å². The van der Waals surface area contributed by atoms with Gasteiger partial charge in [-0.2, -0.15) is 0 Å². The number of aromatic nitrogens is 1. The highest BCUT2D eigenvalue weighted by atomic mass is 35.5. The Hall–Kier alpha value is -2.15. The average molecular weight is 475 g/mol. The van der Waals surface area contributed by atoms with E-state index < -0.39 is 5.91 Å². The third kappa shape index (κ3) is 5.80. The average Bonchev–Trinajstić information content (AvgIpc) is 2.82. The van der Waals surface area contributed by atoms with E-state index in [0.717, 1.165) is 25.9 Å². The van der Waals surface area contributed by atoms with Crippen LogP contribution < -0.4 is 10.6 Å². The summed E-state index contributed by atoms with van der Waals surface area (Å²) in [5, 5.41) is 6.58. The van der Waals surface area contributed by atoms with Crippen LogP contribution in [0.1, 0.15) is 55.3 Å². The van der Waals surface area contributed by atoms with E-state index >= 15 is 0 Å². The van der Waals surface area contributed by atoms with Crippen LogP contribution in [0.4, 0.5) is 11.5 Å². The molecule has 4 rings (SSSR count). The highest BCUT2D eigenvalue weighted by molar-refractivity contribution is 6.31. The summed E-state index contributed by atoms with van der Waals surface area (Å²) < 4.78 is 0. The smallest absolute Gasteiger partial charge is 0.258 e. The number of nitrogens with zero attached hydrogens (tertiary/aromatic N) is 2. The summed E-state index contributed by atoms with van der Waals surface area (Å²) in [6.45, 7) is 1.91. The number of hydrogen-bond acceptors (Lipinski definition) is 4. The fraction of sp³-hybridized carbons (Fsp3) is 0.458. The van der Waals surface area contributed by atoms with Crippen molar-refractivity contribution >= 4 is 46.5 Å². The largest absolute Gasteiger partial charge is 0.325 e. The van der Waals surface area contributed by atoms with Crippen molar-refractivity contribution < 1.29 is 9.59 Å². The molecular weight excluding hydrogens is 447 g/mol. The van der Waals surface area contributed by atoms with E-state index in [0.29, 0.717) is 33.2 Å². The van der Waals surface area contributed by atoms with Crippen molar-refractivity contribution in [2.45, 2.75) is 51.0 Å². The molecule has 1 saturated carbocycles. The van der Waals surface area contributed by atoms with Crippen molar-refractivity contribution in [3.05, 3.63) is 52.1 Å². The van der Waals surface area contributed by atoms with E-state index in [1.807, 2.05) is 0 Å². The maximum atomic E-state index is 13.0. The number of benzene rings is 1. The summed E-state index contributed by atoms with van der Waals surface area (Å²) in [5.41, 5.74) is 0.739. The van der Waals surface area contributed by atoms with Crippen LogP contribution in [-0.2, 0) is 4.79 Å². The normalized spacial score (nSPS) is 18.3. The number of nitrogens with one attached hydrogen (secondary N) is 2. The summed E-state index contributed by atoms with van der Waals surface area (Å²) in [7, 11) is 0. The molecule has 8 heteroatoms. The van der Waals surface area contributed by atoms with E-state index in [1.165, 1.54) is 38.3 Å². The monoisotopic (exact) mass is 474 g/mol. The predicted molar refractivity (Wildman–Crippen MR) is 128 cm³/mol. The Labute approximate surface area is 198 Å². The minimum Gasteiger partial charge on any atom is -0.325 e. The van der Waals surface area contributed by atoms with Crippen LogP contribution >= 0.6 is 23.2 Å². The fourth-order valence-corrected chi connectivity index (χ4v) is 4.94. The number of amides is 2. The topological polar surface area (TPSA) is 74.3 Å². The molecule has 2 N–H and O–H groups in total. The molecule has 1 aromatic carbocycles. The molecule has 1 saturated heterocycles. The zero-order valence-electron chi connectivity index (χ0n) is 17.9. The molecule has 1 aromatic heterocycles. The number of piperidine rings is 1. The van der Waals surface area contributed by atoms with Crippen molar-refractivity contribution in [3.8, 4) is 0 Å². The van der Waals surface area contributed by atoms with Crippen molar-refractivity contribution in [2.24, 2.45) is 5.92 Å². The van der Waals surface area contributed by atoms with Crippen molar-refractivity contribution in [1.82, 2.24) is 9.88 Å². The Morgan fingerprint density at radius 2 is 1.62 bits per heavy atom. The van der Waals surface area contributed by atoms with Crippen molar-refractivity contribution in [3.63, 3.8) is 0 Å². The second-order valence-corrected chi connectivity index (χ2v) is 9.47. The van der Waals surface area contributed by atoms with Gasteiger partial charge in [-0.1, -0.05) is 42.5 Å².